The maximum absolute atomic E-state index is 11.6. The second-order valence-electron chi connectivity index (χ2n) is 4.68. The summed E-state index contributed by atoms with van der Waals surface area (Å²) in [4.78, 5) is 22.4. The van der Waals surface area contributed by atoms with Crippen LogP contribution in [0.1, 0.15) is 40.0 Å². The normalized spacial score (nSPS) is 15.3. The monoisotopic (exact) mass is 256 g/mol. The second-order valence-corrected chi connectivity index (χ2v) is 4.68. The Balaban J connectivity index is 4.15. The lowest BCUT2D eigenvalue weighted by molar-refractivity contribution is -0.139. The van der Waals surface area contributed by atoms with E-state index >= 15 is 0 Å². The lowest BCUT2D eigenvalue weighted by Gasteiger charge is -2.19. The van der Waals surface area contributed by atoms with Crippen LogP contribution in [0, 0.1) is 5.92 Å². The molecule has 0 bridgehead atoms. The van der Waals surface area contributed by atoms with Crippen molar-refractivity contribution >= 4 is 12.0 Å². The molecular weight excluding hydrogens is 232 g/mol. The number of carboxylic acids is 1. The third kappa shape index (κ3) is 6.93. The molecule has 0 aromatic heterocycles. The van der Waals surface area contributed by atoms with Gasteiger partial charge in [-0.2, -0.15) is 0 Å². The predicted molar refractivity (Wildman–Crippen MR) is 71.4 cm³/mol. The number of rotatable bonds is 8. The minimum atomic E-state index is -1.06. The van der Waals surface area contributed by atoms with Crippen LogP contribution in [0.25, 0.3) is 0 Å². The van der Waals surface area contributed by atoms with Gasteiger partial charge in [-0.05, 0) is 25.7 Å². The van der Waals surface area contributed by atoms with Crippen LogP contribution in [0.3, 0.4) is 0 Å². The summed E-state index contributed by atoms with van der Waals surface area (Å²) in [6.07, 6.45) is 3.62. The first kappa shape index (κ1) is 16.5. The molecule has 0 saturated heterocycles. The topological polar surface area (TPSA) is 78.4 Å². The van der Waals surface area contributed by atoms with Gasteiger partial charge in [0.25, 0.3) is 0 Å². The van der Waals surface area contributed by atoms with Gasteiger partial charge in [-0.25, -0.2) is 9.59 Å². The van der Waals surface area contributed by atoms with Gasteiger partial charge in [-0.3, -0.25) is 0 Å². The Hall–Kier alpha value is -1.52. The number of carbonyl (C=O) groups excluding carboxylic acids is 1. The summed E-state index contributed by atoms with van der Waals surface area (Å²) in [6, 6.07) is -1.34. The van der Waals surface area contributed by atoms with Gasteiger partial charge < -0.3 is 15.7 Å². The number of carbonyl (C=O) groups is 2. The zero-order valence-corrected chi connectivity index (χ0v) is 11.4. The lowest BCUT2D eigenvalue weighted by Crippen LogP contribution is -2.48. The maximum atomic E-state index is 11.6. The van der Waals surface area contributed by atoms with Crippen LogP contribution in [0.15, 0.2) is 12.7 Å². The first-order valence-corrected chi connectivity index (χ1v) is 6.31. The van der Waals surface area contributed by atoms with E-state index < -0.39 is 18.0 Å². The Kier molecular flexibility index (Phi) is 7.83. The van der Waals surface area contributed by atoms with Crippen molar-refractivity contribution in [2.45, 2.75) is 52.1 Å². The molecule has 0 aromatic carbocycles. The molecule has 0 radical (unpaired) electrons. The van der Waals surface area contributed by atoms with E-state index in [1.165, 1.54) is 6.08 Å². The van der Waals surface area contributed by atoms with Gasteiger partial charge in [0.2, 0.25) is 0 Å². The molecule has 0 aliphatic rings. The number of carboxylic acid groups (broad SMARTS) is 1. The summed E-state index contributed by atoms with van der Waals surface area (Å²) in [5.74, 6) is -0.525. The Morgan fingerprint density at radius 3 is 2.39 bits per heavy atom. The molecule has 5 heteroatoms. The summed E-state index contributed by atoms with van der Waals surface area (Å²) in [5.41, 5.74) is 0. The molecule has 0 heterocycles. The predicted octanol–water partition coefficient (Wildman–Crippen LogP) is 2.14. The number of nitrogens with one attached hydrogen (secondary N) is 2. The van der Waals surface area contributed by atoms with Crippen LogP contribution in [-0.4, -0.2) is 29.2 Å². The molecule has 3 N–H and O–H groups in total. The van der Waals surface area contributed by atoms with Gasteiger partial charge in [-0.1, -0.05) is 26.3 Å². The number of amides is 2. The van der Waals surface area contributed by atoms with E-state index in [-0.39, 0.29) is 12.5 Å². The Labute approximate surface area is 109 Å². The average molecular weight is 256 g/mol. The molecule has 0 aliphatic heterocycles. The number of urea groups is 1. The first-order valence-electron chi connectivity index (χ1n) is 6.31. The van der Waals surface area contributed by atoms with Crippen LogP contribution < -0.4 is 10.6 Å². The summed E-state index contributed by atoms with van der Waals surface area (Å²) in [7, 11) is 0. The van der Waals surface area contributed by atoms with Crippen molar-refractivity contribution < 1.29 is 14.7 Å². The fourth-order valence-corrected chi connectivity index (χ4v) is 1.64. The Morgan fingerprint density at radius 2 is 1.94 bits per heavy atom. The molecule has 0 saturated carbocycles. The molecule has 104 valence electrons. The minimum Gasteiger partial charge on any atom is -0.480 e. The van der Waals surface area contributed by atoms with Crippen molar-refractivity contribution in [3.63, 3.8) is 0 Å². The molecule has 3 atom stereocenters. The zero-order chi connectivity index (χ0) is 14.1. The van der Waals surface area contributed by atoms with Crippen LogP contribution in [-0.2, 0) is 4.79 Å². The van der Waals surface area contributed by atoms with Gasteiger partial charge in [0, 0.05) is 6.04 Å². The summed E-state index contributed by atoms with van der Waals surface area (Å²) in [5, 5.41) is 14.0. The van der Waals surface area contributed by atoms with Crippen molar-refractivity contribution in [2.24, 2.45) is 5.92 Å². The van der Waals surface area contributed by atoms with Crippen molar-refractivity contribution in [3.8, 4) is 0 Å². The molecule has 0 spiro atoms. The van der Waals surface area contributed by atoms with E-state index in [0.29, 0.717) is 5.92 Å². The highest BCUT2D eigenvalue weighted by Crippen LogP contribution is 2.09. The standard InChI is InChI=1S/C13H24N2O3/c1-5-7-11(12(16)17)15-13(18)14-10(4)8-9(3)6-2/h5,9-11H,1,6-8H2,2-4H3,(H,16,17)(H2,14,15,18). The van der Waals surface area contributed by atoms with Gasteiger partial charge >= 0.3 is 12.0 Å². The van der Waals surface area contributed by atoms with Gasteiger partial charge in [-0.15, -0.1) is 6.58 Å². The Bertz CT molecular complexity index is 292. The zero-order valence-electron chi connectivity index (χ0n) is 11.4. The molecule has 0 aliphatic carbocycles. The highest BCUT2D eigenvalue weighted by molar-refractivity contribution is 5.82. The largest absolute Gasteiger partial charge is 0.480 e. The lowest BCUT2D eigenvalue weighted by atomic mass is 10.0. The third-order valence-corrected chi connectivity index (χ3v) is 2.84. The average Bonchev–Trinajstić information content (AvgIpc) is 2.27. The maximum Gasteiger partial charge on any atom is 0.326 e. The smallest absolute Gasteiger partial charge is 0.326 e. The van der Waals surface area contributed by atoms with E-state index in [1.54, 1.807) is 0 Å². The summed E-state index contributed by atoms with van der Waals surface area (Å²) >= 11 is 0. The number of hydrogen-bond acceptors (Lipinski definition) is 2. The highest BCUT2D eigenvalue weighted by atomic mass is 16.4. The van der Waals surface area contributed by atoms with Crippen molar-refractivity contribution in [2.75, 3.05) is 0 Å². The van der Waals surface area contributed by atoms with Crippen LogP contribution >= 0.6 is 0 Å². The molecule has 2 amide bonds. The first-order chi connectivity index (χ1) is 8.40. The minimum absolute atomic E-state index is 0.0260. The van der Waals surface area contributed by atoms with E-state index in [1.807, 2.05) is 6.92 Å². The molecule has 0 rings (SSSR count). The SMILES string of the molecule is C=CCC(NC(=O)NC(C)CC(C)CC)C(=O)O. The van der Waals surface area contributed by atoms with E-state index in [4.69, 9.17) is 5.11 Å². The van der Waals surface area contributed by atoms with E-state index in [2.05, 4.69) is 31.1 Å². The number of hydrogen-bond donors (Lipinski definition) is 3. The molecule has 0 aromatic rings. The summed E-state index contributed by atoms with van der Waals surface area (Å²) < 4.78 is 0. The quantitative estimate of drug-likeness (QED) is 0.582. The molecule has 0 fully saturated rings. The summed E-state index contributed by atoms with van der Waals surface area (Å²) in [6.45, 7) is 9.60. The van der Waals surface area contributed by atoms with Gasteiger partial charge in [0.05, 0.1) is 0 Å². The van der Waals surface area contributed by atoms with Crippen molar-refractivity contribution in [1.82, 2.24) is 10.6 Å². The third-order valence-electron chi connectivity index (χ3n) is 2.84. The molecule has 3 unspecified atom stereocenters. The highest BCUT2D eigenvalue weighted by Gasteiger charge is 2.19. The Morgan fingerprint density at radius 1 is 1.33 bits per heavy atom. The van der Waals surface area contributed by atoms with Crippen LogP contribution in [0.4, 0.5) is 4.79 Å². The van der Waals surface area contributed by atoms with Gasteiger partial charge in [0.1, 0.15) is 6.04 Å². The van der Waals surface area contributed by atoms with E-state index in [0.717, 1.165) is 12.8 Å². The van der Waals surface area contributed by atoms with Crippen molar-refractivity contribution in [1.29, 1.82) is 0 Å². The van der Waals surface area contributed by atoms with Crippen LogP contribution in [0.2, 0.25) is 0 Å². The number of aliphatic carboxylic acids is 1. The molecule has 18 heavy (non-hydrogen) atoms. The van der Waals surface area contributed by atoms with Crippen LogP contribution in [0.5, 0.6) is 0 Å². The fourth-order valence-electron chi connectivity index (χ4n) is 1.64. The molecular formula is C13H24N2O3. The van der Waals surface area contributed by atoms with E-state index in [9.17, 15) is 9.59 Å². The fraction of sp³-hybridized carbons (Fsp3) is 0.692. The molecule has 5 nitrogen and oxygen atoms in total. The van der Waals surface area contributed by atoms with Crippen molar-refractivity contribution in [3.05, 3.63) is 12.7 Å². The van der Waals surface area contributed by atoms with Gasteiger partial charge in [0.15, 0.2) is 0 Å². The second kappa shape index (κ2) is 8.55.